The lowest BCUT2D eigenvalue weighted by Crippen LogP contribution is -2.40. The van der Waals surface area contributed by atoms with Crippen molar-refractivity contribution in [1.29, 1.82) is 0 Å². The molecule has 4 rings (SSSR count). The van der Waals surface area contributed by atoms with Gasteiger partial charge >= 0.3 is 0 Å². The van der Waals surface area contributed by atoms with E-state index >= 15 is 0 Å². The first-order valence-electron chi connectivity index (χ1n) is 12.4. The van der Waals surface area contributed by atoms with Crippen molar-refractivity contribution in [3.05, 3.63) is 77.1 Å². The van der Waals surface area contributed by atoms with Crippen LogP contribution in [0.5, 0.6) is 0 Å². The van der Waals surface area contributed by atoms with E-state index < -0.39 is 0 Å². The molecule has 3 N–H and O–H groups in total. The average Bonchev–Trinajstić information content (AvgIpc) is 2.85. The van der Waals surface area contributed by atoms with Gasteiger partial charge in [-0.25, -0.2) is 9.97 Å². The Morgan fingerprint density at radius 3 is 2.17 bits per heavy atom. The summed E-state index contributed by atoms with van der Waals surface area (Å²) < 4.78 is 0. The van der Waals surface area contributed by atoms with Crippen molar-refractivity contribution in [1.82, 2.24) is 15.3 Å². The molecule has 3 aromatic rings. The van der Waals surface area contributed by atoms with Gasteiger partial charge in [0.2, 0.25) is 0 Å². The molecule has 1 saturated carbocycles. The van der Waals surface area contributed by atoms with Crippen LogP contribution in [0, 0.1) is 13.8 Å². The molecule has 0 bridgehead atoms. The third kappa shape index (κ3) is 6.38. The zero-order valence-electron chi connectivity index (χ0n) is 21.3. The van der Waals surface area contributed by atoms with Crippen LogP contribution in [0.4, 0.5) is 17.3 Å². The Morgan fingerprint density at radius 1 is 0.833 bits per heavy atom. The van der Waals surface area contributed by atoms with Crippen LogP contribution in [0.2, 0.25) is 0 Å². The number of amides is 2. The molecule has 0 radical (unpaired) electrons. The van der Waals surface area contributed by atoms with Crippen molar-refractivity contribution in [3.8, 4) is 0 Å². The number of nitrogens with zero attached hydrogens (tertiary/aromatic N) is 3. The van der Waals surface area contributed by atoms with E-state index in [-0.39, 0.29) is 23.9 Å². The highest BCUT2D eigenvalue weighted by molar-refractivity contribution is 6.12. The van der Waals surface area contributed by atoms with E-state index in [1.807, 2.05) is 63.2 Å². The minimum atomic E-state index is -0.295. The van der Waals surface area contributed by atoms with Gasteiger partial charge in [0.25, 0.3) is 11.8 Å². The fourth-order valence-corrected chi connectivity index (χ4v) is 4.51. The van der Waals surface area contributed by atoms with Crippen LogP contribution in [-0.2, 0) is 0 Å². The Bertz CT molecular complexity index is 1230. The van der Waals surface area contributed by atoms with Gasteiger partial charge in [0.05, 0.1) is 11.1 Å². The van der Waals surface area contributed by atoms with E-state index in [0.29, 0.717) is 16.8 Å². The average molecular weight is 487 g/mol. The van der Waals surface area contributed by atoms with Gasteiger partial charge in [-0.05, 0) is 69.4 Å². The molecular weight excluding hydrogens is 452 g/mol. The van der Waals surface area contributed by atoms with Crippen molar-refractivity contribution >= 4 is 29.1 Å². The van der Waals surface area contributed by atoms with Crippen molar-refractivity contribution < 1.29 is 9.59 Å². The monoisotopic (exact) mass is 486 g/mol. The van der Waals surface area contributed by atoms with E-state index in [9.17, 15) is 9.59 Å². The molecule has 36 heavy (non-hydrogen) atoms. The standard InChI is InChI=1S/C28H34N6O2/c1-18-8-7-9-22(16-18)33-28(36)24-11-6-5-10-23(24)27(35)32-21-14-12-20(13-15-21)31-25-17-26(34(3)4)30-19(2)29-25/h5-11,16-17,20-21H,12-15H2,1-4H3,(H,32,35)(H,33,36)(H,29,30,31). The summed E-state index contributed by atoms with van der Waals surface area (Å²) in [5.74, 6) is 1.91. The molecule has 2 amide bonds. The van der Waals surface area contributed by atoms with Crippen LogP contribution >= 0.6 is 0 Å². The predicted molar refractivity (Wildman–Crippen MR) is 144 cm³/mol. The van der Waals surface area contributed by atoms with Gasteiger partial charge in [-0.1, -0.05) is 24.3 Å². The summed E-state index contributed by atoms with van der Waals surface area (Å²) in [5.41, 5.74) is 2.51. The lowest BCUT2D eigenvalue weighted by molar-refractivity contribution is 0.0916. The third-order valence-electron chi connectivity index (χ3n) is 6.39. The summed E-state index contributed by atoms with van der Waals surface area (Å²) in [5, 5.41) is 9.57. The largest absolute Gasteiger partial charge is 0.367 e. The molecule has 8 nitrogen and oxygen atoms in total. The van der Waals surface area contributed by atoms with Crippen molar-refractivity contribution in [2.24, 2.45) is 0 Å². The van der Waals surface area contributed by atoms with Gasteiger partial charge in [0.15, 0.2) is 0 Å². The molecule has 0 atom stereocenters. The summed E-state index contributed by atoms with van der Waals surface area (Å²) in [6.07, 6.45) is 3.54. The maximum atomic E-state index is 13.1. The van der Waals surface area contributed by atoms with Crippen LogP contribution in [0.3, 0.4) is 0 Å². The van der Waals surface area contributed by atoms with Gasteiger partial charge in [0, 0.05) is 37.9 Å². The highest BCUT2D eigenvalue weighted by atomic mass is 16.2. The third-order valence-corrected chi connectivity index (χ3v) is 6.39. The lowest BCUT2D eigenvalue weighted by Gasteiger charge is -2.30. The number of aromatic nitrogens is 2. The second-order valence-electron chi connectivity index (χ2n) is 9.59. The molecule has 0 spiro atoms. The SMILES string of the molecule is Cc1cccc(NC(=O)c2ccccc2C(=O)NC2CCC(Nc3cc(N(C)C)nc(C)n3)CC2)c1. The lowest BCUT2D eigenvalue weighted by atomic mass is 9.90. The van der Waals surface area contributed by atoms with E-state index in [0.717, 1.165) is 48.7 Å². The summed E-state index contributed by atoms with van der Waals surface area (Å²) in [6.45, 7) is 3.86. The zero-order valence-corrected chi connectivity index (χ0v) is 21.3. The molecule has 0 saturated heterocycles. The van der Waals surface area contributed by atoms with Gasteiger partial charge in [0.1, 0.15) is 17.5 Å². The molecule has 1 aromatic heterocycles. The van der Waals surface area contributed by atoms with Crippen LogP contribution in [-0.4, -0.2) is 48.0 Å². The minimum absolute atomic E-state index is 0.0629. The minimum Gasteiger partial charge on any atom is -0.367 e. The maximum absolute atomic E-state index is 13.1. The van der Waals surface area contributed by atoms with E-state index in [2.05, 4.69) is 25.9 Å². The maximum Gasteiger partial charge on any atom is 0.256 e. The Morgan fingerprint density at radius 2 is 1.50 bits per heavy atom. The number of benzene rings is 2. The number of carbonyl (C=O) groups is 2. The zero-order chi connectivity index (χ0) is 25.7. The number of anilines is 3. The Kier molecular flexibility index (Phi) is 7.83. The van der Waals surface area contributed by atoms with Gasteiger partial charge in [-0.3, -0.25) is 9.59 Å². The van der Waals surface area contributed by atoms with Crippen LogP contribution in [0.15, 0.2) is 54.6 Å². The van der Waals surface area contributed by atoms with E-state index in [4.69, 9.17) is 0 Å². The first kappa shape index (κ1) is 25.2. The van der Waals surface area contributed by atoms with Crippen LogP contribution < -0.4 is 20.9 Å². The second-order valence-corrected chi connectivity index (χ2v) is 9.59. The quantitative estimate of drug-likeness (QED) is 0.453. The number of nitrogens with one attached hydrogen (secondary N) is 3. The molecule has 188 valence electrons. The number of hydrogen-bond acceptors (Lipinski definition) is 6. The van der Waals surface area contributed by atoms with E-state index in [1.165, 1.54) is 0 Å². The molecular formula is C28H34N6O2. The molecule has 0 unspecified atom stereocenters. The summed E-state index contributed by atoms with van der Waals surface area (Å²) in [7, 11) is 3.92. The van der Waals surface area contributed by atoms with Crippen LogP contribution in [0.1, 0.15) is 57.8 Å². The summed E-state index contributed by atoms with van der Waals surface area (Å²) >= 11 is 0. The Labute approximate surface area is 212 Å². The highest BCUT2D eigenvalue weighted by Crippen LogP contribution is 2.24. The van der Waals surface area contributed by atoms with Gasteiger partial charge < -0.3 is 20.9 Å². The molecule has 0 aliphatic heterocycles. The highest BCUT2D eigenvalue weighted by Gasteiger charge is 2.25. The Balaban J connectivity index is 1.34. The van der Waals surface area contributed by atoms with Crippen molar-refractivity contribution in [2.45, 2.75) is 51.6 Å². The molecule has 1 fully saturated rings. The first-order valence-corrected chi connectivity index (χ1v) is 12.4. The van der Waals surface area contributed by atoms with Crippen LogP contribution in [0.25, 0.3) is 0 Å². The van der Waals surface area contributed by atoms with Gasteiger partial charge in [-0.2, -0.15) is 0 Å². The molecule has 2 aromatic carbocycles. The molecule has 1 aliphatic rings. The fourth-order valence-electron chi connectivity index (χ4n) is 4.51. The van der Waals surface area contributed by atoms with E-state index in [1.54, 1.807) is 24.3 Å². The summed E-state index contributed by atoms with van der Waals surface area (Å²) in [6, 6.07) is 16.8. The normalized spacial score (nSPS) is 17.2. The predicted octanol–water partition coefficient (Wildman–Crippen LogP) is 4.56. The molecule has 1 aliphatic carbocycles. The second kappa shape index (κ2) is 11.2. The smallest absolute Gasteiger partial charge is 0.256 e. The fraction of sp³-hybridized carbons (Fsp3) is 0.357. The number of carbonyl (C=O) groups excluding carboxylic acids is 2. The number of aryl methyl sites for hydroxylation is 2. The van der Waals surface area contributed by atoms with Gasteiger partial charge in [-0.15, -0.1) is 0 Å². The first-order chi connectivity index (χ1) is 17.3. The van der Waals surface area contributed by atoms with Crippen molar-refractivity contribution in [3.63, 3.8) is 0 Å². The topological polar surface area (TPSA) is 99.2 Å². The Hall–Kier alpha value is -3.94. The molecule has 8 heteroatoms. The van der Waals surface area contributed by atoms with Crippen molar-refractivity contribution in [2.75, 3.05) is 29.6 Å². The molecule has 1 heterocycles. The summed E-state index contributed by atoms with van der Waals surface area (Å²) in [4.78, 5) is 37.0. The number of rotatable bonds is 7. The number of hydrogen-bond donors (Lipinski definition) is 3.